The maximum Gasteiger partial charge on any atom is 0.128 e. The van der Waals surface area contributed by atoms with Crippen molar-refractivity contribution >= 4 is 16.7 Å². The summed E-state index contributed by atoms with van der Waals surface area (Å²) < 4.78 is 2.07. The Morgan fingerprint density at radius 2 is 2.00 bits per heavy atom. The van der Waals surface area contributed by atoms with Crippen LogP contribution in [0.5, 0.6) is 0 Å². The van der Waals surface area contributed by atoms with Crippen molar-refractivity contribution in [2.75, 3.05) is 5.32 Å². The number of para-hydroxylation sites is 2. The number of fused-ring (bicyclic) bond motifs is 1. The first-order chi connectivity index (χ1) is 10.2. The Balaban J connectivity index is 1.89. The van der Waals surface area contributed by atoms with Crippen LogP contribution in [0, 0.1) is 18.3 Å². The average molecular weight is 276 g/mol. The Morgan fingerprint density at radius 1 is 1.19 bits per heavy atom. The minimum Gasteiger partial charge on any atom is -0.377 e. The maximum atomic E-state index is 9.25. The molecule has 1 N–H and O–H groups in total. The molecule has 0 aliphatic heterocycles. The monoisotopic (exact) mass is 276 g/mol. The fourth-order valence-electron chi connectivity index (χ4n) is 2.49. The van der Waals surface area contributed by atoms with Gasteiger partial charge in [-0.15, -0.1) is 0 Å². The van der Waals surface area contributed by atoms with Crippen LogP contribution in [-0.4, -0.2) is 9.55 Å². The van der Waals surface area contributed by atoms with E-state index < -0.39 is 0 Å². The number of aromatic nitrogens is 2. The highest BCUT2D eigenvalue weighted by molar-refractivity contribution is 5.75. The maximum absolute atomic E-state index is 9.25. The van der Waals surface area contributed by atoms with Crippen molar-refractivity contribution in [1.29, 1.82) is 5.26 Å². The quantitative estimate of drug-likeness (QED) is 0.798. The molecule has 3 rings (SSSR count). The second kappa shape index (κ2) is 5.29. The minimum atomic E-state index is 0.587. The van der Waals surface area contributed by atoms with E-state index in [4.69, 9.17) is 0 Å². The summed E-state index contributed by atoms with van der Waals surface area (Å²) in [7, 11) is 2.01. The van der Waals surface area contributed by atoms with E-state index in [9.17, 15) is 5.26 Å². The molecule has 0 saturated carbocycles. The molecule has 3 aromatic rings. The molecule has 1 heterocycles. The number of benzene rings is 2. The molecule has 4 heteroatoms. The first kappa shape index (κ1) is 13.2. The molecule has 0 fully saturated rings. The van der Waals surface area contributed by atoms with Gasteiger partial charge in [-0.25, -0.2) is 4.98 Å². The van der Waals surface area contributed by atoms with Crippen molar-refractivity contribution < 1.29 is 0 Å². The molecule has 2 aromatic carbocycles. The number of nitriles is 1. The Hall–Kier alpha value is -2.80. The highest BCUT2D eigenvalue weighted by atomic mass is 15.1. The number of nitrogens with zero attached hydrogens (tertiary/aromatic N) is 3. The van der Waals surface area contributed by atoms with Crippen LogP contribution in [-0.2, 0) is 13.6 Å². The van der Waals surface area contributed by atoms with Gasteiger partial charge >= 0.3 is 0 Å². The lowest BCUT2D eigenvalue weighted by Crippen LogP contribution is -2.07. The number of aryl methyl sites for hydroxylation is 2. The second-order valence-corrected chi connectivity index (χ2v) is 5.04. The molecule has 0 saturated heterocycles. The van der Waals surface area contributed by atoms with Gasteiger partial charge in [0.05, 0.1) is 28.8 Å². The average Bonchev–Trinajstić information content (AvgIpc) is 2.82. The number of imidazole rings is 1. The summed E-state index contributed by atoms with van der Waals surface area (Å²) in [4.78, 5) is 4.62. The molecule has 104 valence electrons. The van der Waals surface area contributed by atoms with E-state index in [-0.39, 0.29) is 0 Å². The number of hydrogen-bond donors (Lipinski definition) is 1. The third-order valence-corrected chi connectivity index (χ3v) is 3.70. The molecule has 0 spiro atoms. The zero-order valence-electron chi connectivity index (χ0n) is 12.1. The molecule has 0 aliphatic carbocycles. The van der Waals surface area contributed by atoms with E-state index in [0.717, 1.165) is 28.1 Å². The van der Waals surface area contributed by atoms with Crippen LogP contribution >= 0.6 is 0 Å². The predicted molar refractivity (Wildman–Crippen MR) is 83.9 cm³/mol. The van der Waals surface area contributed by atoms with Gasteiger partial charge in [0.15, 0.2) is 0 Å². The predicted octanol–water partition coefficient (Wildman–Crippen LogP) is 3.37. The Labute approximate surface area is 123 Å². The Kier molecular flexibility index (Phi) is 3.33. The van der Waals surface area contributed by atoms with E-state index in [2.05, 4.69) is 27.0 Å². The molecule has 1 aromatic heterocycles. The van der Waals surface area contributed by atoms with Gasteiger partial charge in [-0.2, -0.15) is 5.26 Å². The molecule has 0 unspecified atom stereocenters. The van der Waals surface area contributed by atoms with Gasteiger partial charge < -0.3 is 9.88 Å². The van der Waals surface area contributed by atoms with Gasteiger partial charge in [-0.05, 0) is 30.7 Å². The van der Waals surface area contributed by atoms with Crippen molar-refractivity contribution in [3.05, 3.63) is 59.4 Å². The zero-order valence-corrected chi connectivity index (χ0v) is 12.1. The number of anilines is 1. The molecule has 21 heavy (non-hydrogen) atoms. The van der Waals surface area contributed by atoms with E-state index in [0.29, 0.717) is 12.1 Å². The first-order valence-electron chi connectivity index (χ1n) is 6.84. The van der Waals surface area contributed by atoms with Gasteiger partial charge in [-0.3, -0.25) is 0 Å². The highest BCUT2D eigenvalue weighted by Gasteiger charge is 2.09. The lowest BCUT2D eigenvalue weighted by molar-refractivity contribution is 0.834. The van der Waals surface area contributed by atoms with E-state index >= 15 is 0 Å². The standard InChI is InChI=1S/C17H16N4/c1-12-6-5-8-14(13(12)10-18)19-11-17-20-15-7-3-4-9-16(15)21(17)2/h3-9,19H,11H2,1-2H3. The third-order valence-electron chi connectivity index (χ3n) is 3.70. The summed E-state index contributed by atoms with van der Waals surface area (Å²) in [6.45, 7) is 2.53. The third kappa shape index (κ3) is 2.34. The minimum absolute atomic E-state index is 0.587. The molecule has 0 bridgehead atoms. The summed E-state index contributed by atoms with van der Waals surface area (Å²) in [5, 5.41) is 12.6. The summed E-state index contributed by atoms with van der Waals surface area (Å²) in [5.41, 5.74) is 4.62. The van der Waals surface area contributed by atoms with Crippen molar-refractivity contribution in [3.8, 4) is 6.07 Å². The largest absolute Gasteiger partial charge is 0.377 e. The van der Waals surface area contributed by atoms with Crippen LogP contribution in [0.15, 0.2) is 42.5 Å². The summed E-state index contributed by atoms with van der Waals surface area (Å²) in [5.74, 6) is 0.946. The molecular formula is C17H16N4. The lowest BCUT2D eigenvalue weighted by atomic mass is 10.1. The van der Waals surface area contributed by atoms with Crippen LogP contribution in [0.1, 0.15) is 17.0 Å². The fourth-order valence-corrected chi connectivity index (χ4v) is 2.49. The van der Waals surface area contributed by atoms with Gasteiger partial charge in [0.2, 0.25) is 0 Å². The van der Waals surface area contributed by atoms with Crippen molar-refractivity contribution in [2.45, 2.75) is 13.5 Å². The van der Waals surface area contributed by atoms with Gasteiger partial charge in [0.25, 0.3) is 0 Å². The van der Waals surface area contributed by atoms with Crippen molar-refractivity contribution in [2.24, 2.45) is 7.05 Å². The lowest BCUT2D eigenvalue weighted by Gasteiger charge is -2.09. The summed E-state index contributed by atoms with van der Waals surface area (Å²) in [6.07, 6.45) is 0. The van der Waals surface area contributed by atoms with Gasteiger partial charge in [0.1, 0.15) is 11.9 Å². The van der Waals surface area contributed by atoms with Crippen LogP contribution in [0.25, 0.3) is 11.0 Å². The molecular weight excluding hydrogens is 260 g/mol. The summed E-state index contributed by atoms with van der Waals surface area (Å²) in [6, 6.07) is 16.1. The van der Waals surface area contributed by atoms with E-state index in [1.165, 1.54) is 0 Å². The number of hydrogen-bond acceptors (Lipinski definition) is 3. The smallest absolute Gasteiger partial charge is 0.128 e. The summed E-state index contributed by atoms with van der Waals surface area (Å²) >= 11 is 0. The first-order valence-corrected chi connectivity index (χ1v) is 6.84. The van der Waals surface area contributed by atoms with E-state index in [1.807, 2.05) is 50.4 Å². The topological polar surface area (TPSA) is 53.6 Å². The van der Waals surface area contributed by atoms with Crippen molar-refractivity contribution in [1.82, 2.24) is 9.55 Å². The van der Waals surface area contributed by atoms with Gasteiger partial charge in [0, 0.05) is 7.05 Å². The van der Waals surface area contributed by atoms with Crippen LogP contribution in [0.2, 0.25) is 0 Å². The molecule has 4 nitrogen and oxygen atoms in total. The Bertz CT molecular complexity index is 840. The fraction of sp³-hybridized carbons (Fsp3) is 0.176. The van der Waals surface area contributed by atoms with Crippen LogP contribution in [0.3, 0.4) is 0 Å². The molecule has 0 atom stereocenters. The van der Waals surface area contributed by atoms with E-state index in [1.54, 1.807) is 0 Å². The van der Waals surface area contributed by atoms with Crippen molar-refractivity contribution in [3.63, 3.8) is 0 Å². The zero-order chi connectivity index (χ0) is 14.8. The molecule has 0 aliphatic rings. The SMILES string of the molecule is Cc1cccc(NCc2nc3ccccc3n2C)c1C#N. The molecule has 0 amide bonds. The highest BCUT2D eigenvalue weighted by Crippen LogP contribution is 2.20. The van der Waals surface area contributed by atoms with Crippen LogP contribution < -0.4 is 5.32 Å². The van der Waals surface area contributed by atoms with Gasteiger partial charge in [-0.1, -0.05) is 24.3 Å². The van der Waals surface area contributed by atoms with Crippen LogP contribution in [0.4, 0.5) is 5.69 Å². The second-order valence-electron chi connectivity index (χ2n) is 5.04. The normalized spacial score (nSPS) is 10.5. The number of nitrogens with one attached hydrogen (secondary N) is 1. The number of rotatable bonds is 3. The molecule has 0 radical (unpaired) electrons. The Morgan fingerprint density at radius 3 is 2.76 bits per heavy atom.